The number of hydrogen-bond donors (Lipinski definition) is 3. The molecule has 1 aliphatic rings. The molecular formula is C27H17ClN2O5. The van der Waals surface area contributed by atoms with Gasteiger partial charge in [0, 0.05) is 33.1 Å². The number of ketones is 1. The largest absolute Gasteiger partial charge is 0.506 e. The van der Waals surface area contributed by atoms with Gasteiger partial charge in [-0.05, 0) is 42.5 Å². The van der Waals surface area contributed by atoms with E-state index in [1.54, 1.807) is 42.6 Å². The Morgan fingerprint density at radius 1 is 1.00 bits per heavy atom. The number of H-pyrrole nitrogens is 1. The number of nitrogens with zero attached hydrogens (tertiary/aromatic N) is 1. The Morgan fingerprint density at radius 3 is 2.60 bits per heavy atom. The smallest absolute Gasteiger partial charge is 0.294 e. The summed E-state index contributed by atoms with van der Waals surface area (Å²) in [6, 6.07) is 19.2. The standard InChI is InChI=1S/C27H17ClN2O5/c28-15-9-10-21-14(11-15)12-22(35-21)25(32)23-24(17-13-29-18-6-2-1-5-16(17)18)30(27(34)26(23)33)19-7-3-4-8-20(19)31/h1-13,24,29,31,33H. The van der Waals surface area contributed by atoms with Gasteiger partial charge in [0.2, 0.25) is 5.78 Å². The number of fused-ring (bicyclic) bond motifs is 2. The second-order valence-electron chi connectivity index (χ2n) is 8.24. The van der Waals surface area contributed by atoms with Crippen LogP contribution in [0.2, 0.25) is 5.02 Å². The van der Waals surface area contributed by atoms with Crippen molar-refractivity contribution in [2.24, 2.45) is 0 Å². The number of aromatic amines is 1. The number of hydrogen-bond acceptors (Lipinski definition) is 5. The van der Waals surface area contributed by atoms with E-state index in [1.165, 1.54) is 17.0 Å². The van der Waals surface area contributed by atoms with Crippen LogP contribution in [0.5, 0.6) is 5.75 Å². The summed E-state index contributed by atoms with van der Waals surface area (Å²) in [5, 5.41) is 23.4. The molecule has 2 aromatic heterocycles. The fraction of sp³-hybridized carbons (Fsp3) is 0.0370. The molecule has 0 aliphatic carbocycles. The minimum atomic E-state index is -1.02. The number of amides is 1. The number of carbonyl (C=O) groups excluding carboxylic acids is 2. The van der Waals surface area contributed by atoms with Gasteiger partial charge in [0.05, 0.1) is 17.3 Å². The van der Waals surface area contributed by atoms with Gasteiger partial charge in [0.15, 0.2) is 11.5 Å². The predicted octanol–water partition coefficient (Wildman–Crippen LogP) is 6.06. The van der Waals surface area contributed by atoms with Gasteiger partial charge in [-0.15, -0.1) is 0 Å². The molecule has 7 nitrogen and oxygen atoms in total. The van der Waals surface area contributed by atoms with Crippen molar-refractivity contribution in [2.45, 2.75) is 6.04 Å². The molecule has 0 fully saturated rings. The van der Waals surface area contributed by atoms with Crippen LogP contribution in [0.15, 0.2) is 94.7 Å². The first-order valence-corrected chi connectivity index (χ1v) is 11.2. The van der Waals surface area contributed by atoms with E-state index in [4.69, 9.17) is 16.0 Å². The summed E-state index contributed by atoms with van der Waals surface area (Å²) in [6.07, 6.45) is 1.69. The first-order valence-electron chi connectivity index (χ1n) is 10.8. The van der Waals surface area contributed by atoms with E-state index in [0.717, 1.165) is 10.9 Å². The van der Waals surface area contributed by atoms with Crippen LogP contribution in [0.25, 0.3) is 21.9 Å². The van der Waals surface area contributed by atoms with E-state index >= 15 is 0 Å². The third-order valence-electron chi connectivity index (χ3n) is 6.21. The van der Waals surface area contributed by atoms with Crippen molar-refractivity contribution in [1.29, 1.82) is 0 Å². The van der Waals surface area contributed by atoms with Crippen LogP contribution >= 0.6 is 11.6 Å². The van der Waals surface area contributed by atoms with Crippen LogP contribution in [0.4, 0.5) is 5.69 Å². The molecule has 3 aromatic carbocycles. The van der Waals surface area contributed by atoms with Crippen LogP contribution in [-0.4, -0.2) is 26.9 Å². The van der Waals surface area contributed by atoms with Gasteiger partial charge in [0.25, 0.3) is 5.91 Å². The zero-order chi connectivity index (χ0) is 24.3. The summed E-state index contributed by atoms with van der Waals surface area (Å²) in [5.74, 6) is -2.35. The van der Waals surface area contributed by atoms with E-state index < -0.39 is 23.5 Å². The summed E-state index contributed by atoms with van der Waals surface area (Å²) in [4.78, 5) is 31.5. The van der Waals surface area contributed by atoms with Gasteiger partial charge in [-0.2, -0.15) is 0 Å². The maximum Gasteiger partial charge on any atom is 0.294 e. The predicted molar refractivity (Wildman–Crippen MR) is 132 cm³/mol. The molecule has 8 heteroatoms. The number of benzene rings is 3. The highest BCUT2D eigenvalue weighted by Gasteiger charge is 2.46. The summed E-state index contributed by atoms with van der Waals surface area (Å²) in [5.41, 5.74) is 1.85. The van der Waals surface area contributed by atoms with Gasteiger partial charge in [-0.25, -0.2) is 0 Å². The Balaban J connectivity index is 1.56. The van der Waals surface area contributed by atoms with Crippen LogP contribution in [0.1, 0.15) is 22.2 Å². The van der Waals surface area contributed by atoms with E-state index in [1.807, 2.05) is 24.3 Å². The number of Topliss-reactive ketones (excluding diaryl/α,β-unsaturated/α-hetero) is 1. The Labute approximate surface area is 203 Å². The molecule has 0 saturated carbocycles. The van der Waals surface area contributed by atoms with E-state index in [-0.39, 0.29) is 22.8 Å². The highest BCUT2D eigenvalue weighted by atomic mass is 35.5. The number of nitrogens with one attached hydrogen (secondary N) is 1. The lowest BCUT2D eigenvalue weighted by Crippen LogP contribution is -2.31. The number of aromatic hydroxyl groups is 1. The molecule has 6 rings (SSSR count). The molecule has 172 valence electrons. The van der Waals surface area contributed by atoms with Gasteiger partial charge >= 0.3 is 0 Å². The quantitative estimate of drug-likeness (QED) is 0.269. The van der Waals surface area contributed by atoms with Crippen molar-refractivity contribution in [1.82, 2.24) is 4.98 Å². The van der Waals surface area contributed by atoms with Crippen molar-refractivity contribution >= 4 is 50.9 Å². The lowest BCUT2D eigenvalue weighted by Gasteiger charge is -2.26. The molecule has 3 N–H and O–H groups in total. The molecule has 1 amide bonds. The number of aliphatic hydroxyl groups excluding tert-OH is 1. The maximum atomic E-state index is 13.8. The average Bonchev–Trinajstić information content (AvgIpc) is 3.53. The highest BCUT2D eigenvalue weighted by Crippen LogP contribution is 2.46. The first-order chi connectivity index (χ1) is 16.9. The second-order valence-corrected chi connectivity index (χ2v) is 8.68. The number of furan rings is 1. The Hall–Kier alpha value is -4.49. The van der Waals surface area contributed by atoms with Crippen LogP contribution in [0, 0.1) is 0 Å². The zero-order valence-electron chi connectivity index (χ0n) is 18.0. The molecule has 1 atom stereocenters. The third-order valence-corrected chi connectivity index (χ3v) is 6.45. The number of anilines is 1. The summed E-state index contributed by atoms with van der Waals surface area (Å²) >= 11 is 6.07. The zero-order valence-corrected chi connectivity index (χ0v) is 18.8. The molecular weight excluding hydrogens is 468 g/mol. The van der Waals surface area contributed by atoms with E-state index in [9.17, 15) is 19.8 Å². The molecule has 0 radical (unpaired) electrons. The monoisotopic (exact) mass is 484 g/mol. The average molecular weight is 485 g/mol. The number of rotatable bonds is 4. The third kappa shape index (κ3) is 3.20. The number of phenolic OH excluding ortho intramolecular Hbond substituents is 1. The summed E-state index contributed by atoms with van der Waals surface area (Å²) < 4.78 is 5.76. The van der Waals surface area contributed by atoms with Crippen molar-refractivity contribution < 1.29 is 24.2 Å². The molecule has 35 heavy (non-hydrogen) atoms. The fourth-order valence-electron chi connectivity index (χ4n) is 4.63. The normalized spacial score (nSPS) is 16.1. The molecule has 0 spiro atoms. The van der Waals surface area contributed by atoms with E-state index in [2.05, 4.69) is 4.98 Å². The maximum absolute atomic E-state index is 13.8. The Kier molecular flexibility index (Phi) is 4.69. The van der Waals surface area contributed by atoms with Crippen molar-refractivity contribution in [2.75, 3.05) is 4.90 Å². The lowest BCUT2D eigenvalue weighted by atomic mass is 9.94. The topological polar surface area (TPSA) is 107 Å². The summed E-state index contributed by atoms with van der Waals surface area (Å²) in [7, 11) is 0. The van der Waals surface area contributed by atoms with Crippen LogP contribution in [0.3, 0.4) is 0 Å². The number of aliphatic hydroxyl groups is 1. The van der Waals surface area contributed by atoms with Gasteiger partial charge in [0.1, 0.15) is 11.3 Å². The number of phenols is 1. The molecule has 1 unspecified atom stereocenters. The van der Waals surface area contributed by atoms with Crippen molar-refractivity contribution in [3.05, 3.63) is 107 Å². The fourth-order valence-corrected chi connectivity index (χ4v) is 4.81. The number of carbonyl (C=O) groups is 2. The lowest BCUT2D eigenvalue weighted by molar-refractivity contribution is -0.117. The minimum Gasteiger partial charge on any atom is -0.506 e. The van der Waals surface area contributed by atoms with Gasteiger partial charge in [-0.3, -0.25) is 14.5 Å². The van der Waals surface area contributed by atoms with Crippen LogP contribution < -0.4 is 4.90 Å². The van der Waals surface area contributed by atoms with Gasteiger partial charge in [-0.1, -0.05) is 41.9 Å². The molecule has 1 aliphatic heterocycles. The molecule has 0 bridgehead atoms. The Morgan fingerprint density at radius 2 is 1.77 bits per heavy atom. The number of aromatic nitrogens is 1. The van der Waals surface area contributed by atoms with Crippen LogP contribution in [-0.2, 0) is 4.79 Å². The molecule has 3 heterocycles. The van der Waals surface area contributed by atoms with Gasteiger partial charge < -0.3 is 19.6 Å². The first kappa shape index (κ1) is 21.1. The number of para-hydroxylation sites is 3. The summed E-state index contributed by atoms with van der Waals surface area (Å²) in [6.45, 7) is 0. The van der Waals surface area contributed by atoms with Crippen molar-refractivity contribution in [3.63, 3.8) is 0 Å². The molecule has 5 aromatic rings. The number of halogens is 1. The minimum absolute atomic E-state index is 0.0411. The SMILES string of the molecule is O=C(C1=C(O)C(=O)N(c2ccccc2O)C1c1c[nH]c2ccccc12)c1cc2cc(Cl)ccc2o1. The molecule has 0 saturated heterocycles. The second kappa shape index (κ2) is 7.78. The highest BCUT2D eigenvalue weighted by molar-refractivity contribution is 6.31. The van der Waals surface area contributed by atoms with E-state index in [0.29, 0.717) is 21.6 Å². The van der Waals surface area contributed by atoms with Crippen molar-refractivity contribution in [3.8, 4) is 5.75 Å². The Bertz CT molecular complexity index is 1700.